The summed E-state index contributed by atoms with van der Waals surface area (Å²) in [6.07, 6.45) is 2.73. The first kappa shape index (κ1) is 15.5. The van der Waals surface area contributed by atoms with Crippen LogP contribution in [0.1, 0.15) is 12.5 Å². The van der Waals surface area contributed by atoms with Gasteiger partial charge in [0.25, 0.3) is 0 Å². The highest BCUT2D eigenvalue weighted by atomic mass is 19.1. The van der Waals surface area contributed by atoms with Crippen molar-refractivity contribution in [3.8, 4) is 0 Å². The van der Waals surface area contributed by atoms with E-state index in [1.54, 1.807) is 14.0 Å². The molecule has 114 valence electrons. The van der Waals surface area contributed by atoms with Crippen LogP contribution in [0.4, 0.5) is 8.78 Å². The molecular weight excluding hydrogens is 280 g/mol. The summed E-state index contributed by atoms with van der Waals surface area (Å²) in [5.41, 5.74) is 3.86. The van der Waals surface area contributed by atoms with E-state index in [4.69, 9.17) is 0 Å². The van der Waals surface area contributed by atoms with Crippen molar-refractivity contribution >= 4 is 0 Å². The van der Waals surface area contributed by atoms with Crippen molar-refractivity contribution in [1.82, 2.24) is 25.6 Å². The van der Waals surface area contributed by atoms with E-state index in [0.717, 1.165) is 12.1 Å². The molecule has 0 amide bonds. The fraction of sp³-hybridized carbons (Fsp3) is 0.385. The number of aromatic nitrogens is 3. The third-order valence-corrected chi connectivity index (χ3v) is 3.34. The number of hydrogen-bond acceptors (Lipinski definition) is 5. The predicted molar refractivity (Wildman–Crippen MR) is 71.9 cm³/mol. The average Bonchev–Trinajstić information content (AvgIpc) is 2.91. The van der Waals surface area contributed by atoms with Gasteiger partial charge in [-0.3, -0.25) is 10.9 Å². The second-order valence-electron chi connectivity index (χ2n) is 4.76. The number of nitrogens with one attached hydrogen (secondary N) is 2. The lowest BCUT2D eigenvalue weighted by Crippen LogP contribution is -2.53. The van der Waals surface area contributed by atoms with Crippen molar-refractivity contribution in [2.75, 3.05) is 7.05 Å². The first-order valence-electron chi connectivity index (χ1n) is 6.40. The summed E-state index contributed by atoms with van der Waals surface area (Å²) in [4.78, 5) is 3.79. The lowest BCUT2D eigenvalue weighted by atomic mass is 9.86. The van der Waals surface area contributed by atoms with Gasteiger partial charge in [-0.1, -0.05) is 6.07 Å². The number of hydrazine groups is 1. The van der Waals surface area contributed by atoms with Gasteiger partial charge >= 0.3 is 0 Å². The molecule has 1 unspecified atom stereocenters. The monoisotopic (exact) mass is 297 g/mol. The second-order valence-corrected chi connectivity index (χ2v) is 4.76. The van der Waals surface area contributed by atoms with E-state index in [2.05, 4.69) is 20.9 Å². The number of benzene rings is 1. The van der Waals surface area contributed by atoms with Crippen LogP contribution in [0.2, 0.25) is 0 Å². The minimum Gasteiger partial charge on any atom is -0.381 e. The van der Waals surface area contributed by atoms with Crippen molar-refractivity contribution in [2.24, 2.45) is 0 Å². The molecule has 2 atom stereocenters. The van der Waals surface area contributed by atoms with Gasteiger partial charge in [0.15, 0.2) is 0 Å². The SMILES string of the molecule is CNNC(C)[C@](O)(Cn1cncn1)c1ccc(F)cc1F. The van der Waals surface area contributed by atoms with Gasteiger partial charge < -0.3 is 5.11 Å². The van der Waals surface area contributed by atoms with Gasteiger partial charge in [-0.15, -0.1) is 0 Å². The topological polar surface area (TPSA) is 75.0 Å². The number of halogens is 2. The maximum atomic E-state index is 14.1. The minimum absolute atomic E-state index is 0.0188. The van der Waals surface area contributed by atoms with Crippen LogP contribution in [-0.4, -0.2) is 33.0 Å². The average molecular weight is 297 g/mol. The van der Waals surface area contributed by atoms with Gasteiger partial charge in [0.2, 0.25) is 0 Å². The lowest BCUT2D eigenvalue weighted by molar-refractivity contribution is -0.0234. The Bertz CT molecular complexity index is 592. The predicted octanol–water partition coefficient (Wildman–Crippen LogP) is 0.557. The van der Waals surface area contributed by atoms with Gasteiger partial charge in [-0.2, -0.15) is 5.10 Å². The molecule has 0 fully saturated rings. The van der Waals surface area contributed by atoms with Gasteiger partial charge in [0, 0.05) is 11.6 Å². The molecule has 8 heteroatoms. The molecule has 3 N–H and O–H groups in total. The molecule has 0 saturated heterocycles. The van der Waals surface area contributed by atoms with Crippen molar-refractivity contribution in [3.63, 3.8) is 0 Å². The molecule has 0 radical (unpaired) electrons. The molecule has 0 spiro atoms. The van der Waals surface area contributed by atoms with Gasteiger partial charge in [-0.25, -0.2) is 18.4 Å². The van der Waals surface area contributed by atoms with Crippen LogP contribution in [0.15, 0.2) is 30.9 Å². The zero-order valence-electron chi connectivity index (χ0n) is 11.7. The standard InChI is InChI=1S/C13H17F2N5O/c1-9(19-16-2)13(21,6-20-8-17-7-18-20)11-4-3-10(14)5-12(11)15/h3-5,7-9,16,19,21H,6H2,1-2H3/t9?,13-/m1/s1. The Morgan fingerprint density at radius 1 is 1.43 bits per heavy atom. The number of hydrogen-bond donors (Lipinski definition) is 3. The van der Waals surface area contributed by atoms with Gasteiger partial charge in [-0.05, 0) is 20.0 Å². The van der Waals surface area contributed by atoms with E-state index in [1.807, 2.05) is 0 Å². The van der Waals surface area contributed by atoms with Crippen LogP contribution in [-0.2, 0) is 12.1 Å². The molecule has 21 heavy (non-hydrogen) atoms. The highest BCUT2D eigenvalue weighted by Gasteiger charge is 2.39. The van der Waals surface area contributed by atoms with Crippen LogP contribution in [0.5, 0.6) is 0 Å². The molecule has 0 bridgehead atoms. The minimum atomic E-state index is -1.64. The van der Waals surface area contributed by atoms with E-state index >= 15 is 0 Å². The number of nitrogens with zero attached hydrogens (tertiary/aromatic N) is 3. The van der Waals surface area contributed by atoms with Crippen LogP contribution in [0, 0.1) is 11.6 Å². The van der Waals surface area contributed by atoms with E-state index in [9.17, 15) is 13.9 Å². The van der Waals surface area contributed by atoms with Gasteiger partial charge in [0.05, 0.1) is 12.6 Å². The lowest BCUT2D eigenvalue weighted by Gasteiger charge is -2.35. The molecule has 0 aliphatic heterocycles. The van der Waals surface area contributed by atoms with E-state index < -0.39 is 23.3 Å². The maximum absolute atomic E-state index is 14.1. The molecule has 0 aliphatic rings. The highest BCUT2D eigenvalue weighted by molar-refractivity contribution is 5.26. The van der Waals surface area contributed by atoms with E-state index in [0.29, 0.717) is 0 Å². The molecule has 6 nitrogen and oxygen atoms in total. The van der Waals surface area contributed by atoms with Crippen molar-refractivity contribution in [2.45, 2.75) is 25.1 Å². The number of aliphatic hydroxyl groups is 1. The Hall–Kier alpha value is -1.90. The molecule has 2 aromatic rings. The van der Waals surface area contributed by atoms with Crippen molar-refractivity contribution < 1.29 is 13.9 Å². The summed E-state index contributed by atoms with van der Waals surface area (Å²) in [5.74, 6) is -1.52. The molecule has 0 aliphatic carbocycles. The van der Waals surface area contributed by atoms with Crippen molar-refractivity contribution in [1.29, 1.82) is 0 Å². The second kappa shape index (κ2) is 6.25. The third-order valence-electron chi connectivity index (χ3n) is 3.34. The summed E-state index contributed by atoms with van der Waals surface area (Å²) < 4.78 is 28.6. The zero-order valence-corrected chi connectivity index (χ0v) is 11.7. The largest absolute Gasteiger partial charge is 0.381 e. The smallest absolute Gasteiger partial charge is 0.137 e. The quantitative estimate of drug-likeness (QED) is 0.679. The number of rotatable bonds is 6. The Morgan fingerprint density at radius 2 is 2.19 bits per heavy atom. The molecule has 0 saturated carbocycles. The Kier molecular flexibility index (Phi) is 4.61. The van der Waals surface area contributed by atoms with Crippen molar-refractivity contribution in [3.05, 3.63) is 48.1 Å². The molecular formula is C13H17F2N5O. The Balaban J connectivity index is 2.43. The normalized spacial score (nSPS) is 15.7. The summed E-state index contributed by atoms with van der Waals surface area (Å²) in [6.45, 7) is 1.64. The zero-order chi connectivity index (χ0) is 15.5. The fourth-order valence-electron chi connectivity index (χ4n) is 2.19. The first-order chi connectivity index (χ1) is 9.97. The molecule has 1 heterocycles. The molecule has 1 aromatic heterocycles. The van der Waals surface area contributed by atoms with Gasteiger partial charge in [0.1, 0.15) is 29.9 Å². The van der Waals surface area contributed by atoms with E-state index in [-0.39, 0.29) is 12.1 Å². The highest BCUT2D eigenvalue weighted by Crippen LogP contribution is 2.29. The van der Waals surface area contributed by atoms with Crippen LogP contribution in [0.3, 0.4) is 0 Å². The summed E-state index contributed by atoms with van der Waals surface area (Å²) in [7, 11) is 1.63. The van der Waals surface area contributed by atoms with Crippen LogP contribution < -0.4 is 10.9 Å². The molecule has 1 aromatic carbocycles. The molecule has 2 rings (SSSR count). The van der Waals surface area contributed by atoms with E-state index in [1.165, 1.54) is 23.4 Å². The summed E-state index contributed by atoms with van der Waals surface area (Å²) in [5, 5.41) is 14.9. The summed E-state index contributed by atoms with van der Waals surface area (Å²) in [6, 6.07) is 2.51. The maximum Gasteiger partial charge on any atom is 0.137 e. The Morgan fingerprint density at radius 3 is 2.76 bits per heavy atom. The fourth-order valence-corrected chi connectivity index (χ4v) is 2.19. The first-order valence-corrected chi connectivity index (χ1v) is 6.40. The third kappa shape index (κ3) is 3.23. The summed E-state index contributed by atoms with van der Waals surface area (Å²) >= 11 is 0. The van der Waals surface area contributed by atoms with Crippen LogP contribution in [0.25, 0.3) is 0 Å². The van der Waals surface area contributed by atoms with Crippen LogP contribution >= 0.6 is 0 Å². The Labute approximate surface area is 120 Å².